The first kappa shape index (κ1) is 26.8. The van der Waals surface area contributed by atoms with Crippen LogP contribution in [0.15, 0.2) is 12.2 Å². The molecule has 0 spiro atoms. The van der Waals surface area contributed by atoms with Gasteiger partial charge in [-0.25, -0.2) is 0 Å². The molecule has 0 fully saturated rings. The number of carbonyl (C=O) groups is 1. The molecule has 9 nitrogen and oxygen atoms in total. The van der Waals surface area contributed by atoms with Gasteiger partial charge in [0.25, 0.3) is 5.09 Å². The van der Waals surface area contributed by atoms with Crippen LogP contribution in [-0.4, -0.2) is 34.7 Å². The summed E-state index contributed by atoms with van der Waals surface area (Å²) in [4.78, 5) is 37.4. The molecule has 9 heteroatoms. The first-order valence-electron chi connectivity index (χ1n) is 10.7. The predicted molar refractivity (Wildman–Crippen MR) is 110 cm³/mol. The second-order valence-corrected chi connectivity index (χ2v) is 7.03. The van der Waals surface area contributed by atoms with E-state index < -0.39 is 22.2 Å². The van der Waals surface area contributed by atoms with Crippen molar-refractivity contribution < 1.29 is 24.4 Å². The summed E-state index contributed by atoms with van der Waals surface area (Å²) in [5.41, 5.74) is 0. The second-order valence-electron chi connectivity index (χ2n) is 7.03. The van der Waals surface area contributed by atoms with Crippen LogP contribution in [-0.2, 0) is 14.4 Å². The molecule has 2 atom stereocenters. The molecule has 0 aromatic heterocycles. The van der Waals surface area contributed by atoms with Gasteiger partial charge in [0.15, 0.2) is 6.10 Å². The summed E-state index contributed by atoms with van der Waals surface area (Å²) in [6, 6.07) is -1.07. The normalized spacial score (nSPS) is 13.2. The van der Waals surface area contributed by atoms with Crippen LogP contribution in [0.5, 0.6) is 0 Å². The molecule has 0 aliphatic heterocycles. The molecule has 2 unspecified atom stereocenters. The minimum Gasteiger partial charge on any atom is -0.466 e. The van der Waals surface area contributed by atoms with Crippen molar-refractivity contribution in [1.29, 1.82) is 0 Å². The molecular weight excluding hydrogens is 380 g/mol. The summed E-state index contributed by atoms with van der Waals surface area (Å²) in [6.07, 6.45) is 11.5. The Kier molecular flexibility index (Phi) is 16.5. The Bertz CT molecular complexity index is 497. The Morgan fingerprint density at radius 2 is 1.66 bits per heavy atom. The zero-order chi connectivity index (χ0) is 21.9. The van der Waals surface area contributed by atoms with Gasteiger partial charge in [0.1, 0.15) is 0 Å². The Balaban J connectivity index is 4.15. The number of nitrogens with zero attached hydrogens (tertiary/aromatic N) is 2. The third kappa shape index (κ3) is 15.4. The van der Waals surface area contributed by atoms with E-state index in [1.807, 2.05) is 13.0 Å². The van der Waals surface area contributed by atoms with Crippen LogP contribution in [0.3, 0.4) is 0 Å². The number of nitro groups is 1. The number of rotatable bonds is 19. The molecule has 0 saturated carbocycles. The minimum atomic E-state index is -1.07. The van der Waals surface area contributed by atoms with E-state index in [1.54, 1.807) is 13.0 Å². The molecule has 0 aliphatic carbocycles. The number of unbranched alkanes of at least 4 members (excludes halogenated alkanes) is 7. The van der Waals surface area contributed by atoms with Gasteiger partial charge in [-0.2, -0.15) is 0 Å². The van der Waals surface area contributed by atoms with E-state index in [-0.39, 0.29) is 18.8 Å². The molecule has 0 aliphatic rings. The van der Waals surface area contributed by atoms with E-state index in [1.165, 1.54) is 0 Å². The largest absolute Gasteiger partial charge is 0.466 e. The maximum atomic E-state index is 11.3. The molecule has 168 valence electrons. The lowest BCUT2D eigenvalue weighted by Crippen LogP contribution is -2.37. The number of carbonyl (C=O) groups excluding carboxylic acids is 1. The molecule has 0 aromatic carbocycles. The van der Waals surface area contributed by atoms with Crippen molar-refractivity contribution in [1.82, 2.24) is 0 Å². The standard InChI is InChI=1S/C20H36N2O7/c1-3-5-12-15-18(21(24)25)19(29-22(26)27)16-13-10-8-6-7-9-11-14-17-20(23)28-4-2/h10,13,18-19H,3-9,11-12,14-17H2,1-2H3/b13-10-. The highest BCUT2D eigenvalue weighted by Gasteiger charge is 2.33. The lowest BCUT2D eigenvalue weighted by molar-refractivity contribution is -0.778. The summed E-state index contributed by atoms with van der Waals surface area (Å²) < 4.78 is 4.87. The van der Waals surface area contributed by atoms with Crippen molar-refractivity contribution >= 4 is 5.97 Å². The molecule has 0 amide bonds. The Labute approximate surface area is 173 Å². The van der Waals surface area contributed by atoms with E-state index >= 15 is 0 Å². The van der Waals surface area contributed by atoms with E-state index in [0.29, 0.717) is 19.4 Å². The molecular formula is C20H36N2O7. The van der Waals surface area contributed by atoms with Gasteiger partial charge >= 0.3 is 5.97 Å². The van der Waals surface area contributed by atoms with Crippen molar-refractivity contribution in [3.63, 3.8) is 0 Å². The highest BCUT2D eigenvalue weighted by Crippen LogP contribution is 2.17. The van der Waals surface area contributed by atoms with Gasteiger partial charge in [0.05, 0.1) is 6.61 Å². The van der Waals surface area contributed by atoms with Crippen LogP contribution < -0.4 is 0 Å². The van der Waals surface area contributed by atoms with Crippen LogP contribution in [0.25, 0.3) is 0 Å². The Morgan fingerprint density at radius 1 is 0.966 bits per heavy atom. The second kappa shape index (κ2) is 17.9. The average Bonchev–Trinajstić information content (AvgIpc) is 2.65. The minimum absolute atomic E-state index is 0.148. The zero-order valence-corrected chi connectivity index (χ0v) is 17.8. The lowest BCUT2D eigenvalue weighted by Gasteiger charge is -2.17. The van der Waals surface area contributed by atoms with E-state index in [2.05, 4.69) is 4.84 Å². The third-order valence-corrected chi connectivity index (χ3v) is 4.62. The van der Waals surface area contributed by atoms with E-state index in [4.69, 9.17) is 4.74 Å². The molecule has 0 heterocycles. The van der Waals surface area contributed by atoms with Crippen LogP contribution in [0.4, 0.5) is 0 Å². The molecule has 0 N–H and O–H groups in total. The summed E-state index contributed by atoms with van der Waals surface area (Å²) in [5.74, 6) is -0.148. The van der Waals surface area contributed by atoms with Crippen LogP contribution in [0.2, 0.25) is 0 Å². The topological polar surface area (TPSA) is 122 Å². The maximum Gasteiger partial charge on any atom is 0.305 e. The monoisotopic (exact) mass is 416 g/mol. The predicted octanol–water partition coefficient (Wildman–Crippen LogP) is 5.03. The molecule has 0 radical (unpaired) electrons. The van der Waals surface area contributed by atoms with Crippen molar-refractivity contribution in [3.8, 4) is 0 Å². The summed E-state index contributed by atoms with van der Waals surface area (Å²) in [7, 11) is 0. The molecule has 0 rings (SSSR count). The lowest BCUT2D eigenvalue weighted by atomic mass is 10.0. The highest BCUT2D eigenvalue weighted by atomic mass is 17.0. The molecule has 29 heavy (non-hydrogen) atoms. The molecule has 0 bridgehead atoms. The first-order chi connectivity index (χ1) is 13.9. The van der Waals surface area contributed by atoms with Crippen molar-refractivity contribution in [2.45, 2.75) is 103 Å². The SMILES string of the molecule is CCCCCC(C(C/C=C\CCCCCCCC(=O)OCC)O[N+](=O)[O-])[N+](=O)[O-]. The Morgan fingerprint density at radius 3 is 2.28 bits per heavy atom. The Hall–Kier alpha value is -2.19. The number of hydrogen-bond acceptors (Lipinski definition) is 7. The fourth-order valence-corrected chi connectivity index (χ4v) is 3.05. The van der Waals surface area contributed by atoms with Crippen LogP contribution in [0, 0.1) is 20.2 Å². The fourth-order valence-electron chi connectivity index (χ4n) is 3.05. The van der Waals surface area contributed by atoms with Gasteiger partial charge in [-0.1, -0.05) is 51.2 Å². The van der Waals surface area contributed by atoms with Crippen LogP contribution >= 0.6 is 0 Å². The molecule has 0 aromatic rings. The fraction of sp³-hybridized carbons (Fsp3) is 0.850. The van der Waals surface area contributed by atoms with Crippen molar-refractivity contribution in [2.75, 3.05) is 6.61 Å². The summed E-state index contributed by atoms with van der Waals surface area (Å²) >= 11 is 0. The summed E-state index contributed by atoms with van der Waals surface area (Å²) in [5, 5.41) is 21.1. The number of esters is 1. The number of hydrogen-bond donors (Lipinski definition) is 0. The molecule has 0 saturated heterocycles. The zero-order valence-electron chi connectivity index (χ0n) is 17.8. The van der Waals surface area contributed by atoms with Gasteiger partial charge in [-0.3, -0.25) is 14.9 Å². The summed E-state index contributed by atoms with van der Waals surface area (Å²) in [6.45, 7) is 4.20. The highest BCUT2D eigenvalue weighted by molar-refractivity contribution is 5.69. The van der Waals surface area contributed by atoms with Gasteiger partial charge in [0.2, 0.25) is 6.04 Å². The third-order valence-electron chi connectivity index (χ3n) is 4.62. The number of ether oxygens (including phenoxy) is 1. The average molecular weight is 417 g/mol. The van der Waals surface area contributed by atoms with E-state index in [0.717, 1.165) is 51.4 Å². The van der Waals surface area contributed by atoms with E-state index in [9.17, 15) is 25.0 Å². The quantitative estimate of drug-likeness (QED) is 0.0951. The van der Waals surface area contributed by atoms with Gasteiger partial charge in [-0.15, -0.1) is 10.1 Å². The first-order valence-corrected chi connectivity index (χ1v) is 10.7. The van der Waals surface area contributed by atoms with Crippen molar-refractivity contribution in [2.24, 2.45) is 0 Å². The van der Waals surface area contributed by atoms with Gasteiger partial charge in [0, 0.05) is 17.8 Å². The smallest absolute Gasteiger partial charge is 0.305 e. The van der Waals surface area contributed by atoms with Gasteiger partial charge < -0.3 is 9.57 Å². The number of allylic oxidation sites excluding steroid dienone is 1. The maximum absolute atomic E-state index is 11.3. The van der Waals surface area contributed by atoms with Crippen molar-refractivity contribution in [3.05, 3.63) is 32.4 Å². The van der Waals surface area contributed by atoms with Gasteiger partial charge in [-0.05, 0) is 39.0 Å². The van der Waals surface area contributed by atoms with Crippen LogP contribution in [0.1, 0.15) is 90.9 Å².